The summed E-state index contributed by atoms with van der Waals surface area (Å²) in [5.41, 5.74) is 7.52. The van der Waals surface area contributed by atoms with Crippen molar-refractivity contribution >= 4 is 11.5 Å². The number of benzene rings is 1. The molecule has 0 radical (unpaired) electrons. The number of nitro groups is 1. The van der Waals surface area contributed by atoms with E-state index < -0.39 is 0 Å². The number of rotatable bonds is 3. The second-order valence-electron chi connectivity index (χ2n) is 4.52. The van der Waals surface area contributed by atoms with Crippen LogP contribution in [-0.4, -0.2) is 22.8 Å². The molecule has 18 heavy (non-hydrogen) atoms. The number of hydrogen-bond acceptors (Lipinski definition) is 6. The van der Waals surface area contributed by atoms with Gasteiger partial charge in [-0.2, -0.15) is 0 Å². The van der Waals surface area contributed by atoms with Gasteiger partial charge in [-0.05, 0) is 24.3 Å². The van der Waals surface area contributed by atoms with Crippen molar-refractivity contribution in [3.05, 3.63) is 39.4 Å². The first-order valence-corrected chi connectivity index (χ1v) is 5.77. The molecule has 1 aliphatic heterocycles. The lowest BCUT2D eigenvalue weighted by molar-refractivity contribution is -0.384. The highest BCUT2D eigenvalue weighted by Crippen LogP contribution is 2.42. The summed E-state index contributed by atoms with van der Waals surface area (Å²) < 4.78 is 0. The maximum atomic E-state index is 10.9. The molecule has 1 aromatic rings. The van der Waals surface area contributed by atoms with E-state index in [1.807, 2.05) is 13.1 Å². The molecule has 1 saturated carbocycles. The minimum atomic E-state index is -0.378. The molecule has 1 heterocycles. The number of hydrogen-bond donors (Lipinski definition) is 2. The first-order chi connectivity index (χ1) is 8.66. The fraction of sp³-hybridized carbons (Fsp3) is 0.364. The van der Waals surface area contributed by atoms with Crippen molar-refractivity contribution in [2.45, 2.75) is 18.8 Å². The Morgan fingerprint density at radius 3 is 2.83 bits per heavy atom. The number of hydrazine groups is 2. The van der Waals surface area contributed by atoms with Gasteiger partial charge in [-0.25, -0.2) is 5.53 Å². The lowest BCUT2D eigenvalue weighted by Crippen LogP contribution is -2.37. The molecule has 3 rings (SSSR count). The topological polar surface area (TPSA) is 82.8 Å². The summed E-state index contributed by atoms with van der Waals surface area (Å²) in [6.45, 7) is 0. The predicted molar refractivity (Wildman–Crippen MR) is 65.6 cm³/mol. The van der Waals surface area contributed by atoms with E-state index in [-0.39, 0.29) is 10.6 Å². The summed E-state index contributed by atoms with van der Waals surface area (Å²) in [7, 11) is 1.81. The minimum Gasteiger partial charge on any atom is -0.274 e. The third-order valence-electron chi connectivity index (χ3n) is 3.20. The molecule has 0 aromatic heterocycles. The Labute approximate surface area is 104 Å². The maximum Gasteiger partial charge on any atom is 0.270 e. The largest absolute Gasteiger partial charge is 0.274 e. The third kappa shape index (κ3) is 1.78. The van der Waals surface area contributed by atoms with Crippen LogP contribution in [0.4, 0.5) is 5.69 Å². The summed E-state index contributed by atoms with van der Waals surface area (Å²) in [6.07, 6.45) is 2.28. The minimum absolute atomic E-state index is 0.0948. The van der Waals surface area contributed by atoms with Crippen LogP contribution in [0.1, 0.15) is 29.9 Å². The van der Waals surface area contributed by atoms with Crippen LogP contribution in [0, 0.1) is 10.1 Å². The highest BCUT2D eigenvalue weighted by Gasteiger charge is 2.30. The zero-order chi connectivity index (χ0) is 12.7. The van der Waals surface area contributed by atoms with Crippen molar-refractivity contribution < 1.29 is 4.92 Å². The van der Waals surface area contributed by atoms with E-state index in [0.29, 0.717) is 11.8 Å². The van der Waals surface area contributed by atoms with Gasteiger partial charge < -0.3 is 0 Å². The van der Waals surface area contributed by atoms with Gasteiger partial charge in [-0.3, -0.25) is 15.1 Å². The monoisotopic (exact) mass is 247 g/mol. The number of hydrazone groups is 1. The van der Waals surface area contributed by atoms with Crippen molar-refractivity contribution in [2.75, 3.05) is 7.05 Å². The second kappa shape index (κ2) is 3.95. The Kier molecular flexibility index (Phi) is 2.41. The van der Waals surface area contributed by atoms with E-state index in [1.54, 1.807) is 17.1 Å². The van der Waals surface area contributed by atoms with E-state index in [2.05, 4.69) is 16.2 Å². The van der Waals surface area contributed by atoms with Crippen LogP contribution in [0.2, 0.25) is 0 Å². The Morgan fingerprint density at radius 2 is 2.28 bits per heavy atom. The van der Waals surface area contributed by atoms with Crippen LogP contribution >= 0.6 is 0 Å². The zero-order valence-electron chi connectivity index (χ0n) is 9.88. The maximum absolute atomic E-state index is 10.9. The smallest absolute Gasteiger partial charge is 0.270 e. The Balaban J connectivity index is 2.08. The van der Waals surface area contributed by atoms with Gasteiger partial charge in [0.05, 0.1) is 4.92 Å². The molecule has 0 amide bonds. The molecule has 2 aliphatic rings. The van der Waals surface area contributed by atoms with Crippen molar-refractivity contribution in [3.8, 4) is 0 Å². The lowest BCUT2D eigenvalue weighted by atomic mass is 10.0. The first kappa shape index (κ1) is 11.0. The van der Waals surface area contributed by atoms with Gasteiger partial charge in [-0.15, -0.1) is 10.6 Å². The number of nitrogens with zero attached hydrogens (tertiary/aromatic N) is 3. The van der Waals surface area contributed by atoms with Crippen LogP contribution < -0.4 is 11.1 Å². The molecule has 0 spiro atoms. The fourth-order valence-electron chi connectivity index (χ4n) is 2.12. The molecule has 2 N–H and O–H groups in total. The summed E-state index contributed by atoms with van der Waals surface area (Å²) in [4.78, 5) is 10.5. The highest BCUT2D eigenvalue weighted by atomic mass is 16.6. The molecular formula is C11H13N5O2. The van der Waals surface area contributed by atoms with E-state index in [1.165, 1.54) is 0 Å². The van der Waals surface area contributed by atoms with Crippen LogP contribution in [0.3, 0.4) is 0 Å². The normalized spacial score (nSPS) is 18.5. The van der Waals surface area contributed by atoms with Crippen molar-refractivity contribution in [3.63, 3.8) is 0 Å². The Morgan fingerprint density at radius 1 is 1.50 bits per heavy atom. The van der Waals surface area contributed by atoms with Crippen molar-refractivity contribution in [1.82, 2.24) is 16.1 Å². The van der Waals surface area contributed by atoms with E-state index >= 15 is 0 Å². The quantitative estimate of drug-likeness (QED) is 0.617. The molecule has 94 valence electrons. The molecule has 0 saturated heterocycles. The van der Waals surface area contributed by atoms with Gasteiger partial charge in [0.25, 0.3) is 5.69 Å². The average Bonchev–Trinajstić information content (AvgIpc) is 3.11. The van der Waals surface area contributed by atoms with Gasteiger partial charge in [0.2, 0.25) is 0 Å². The Bertz CT molecular complexity index is 538. The summed E-state index contributed by atoms with van der Waals surface area (Å²) in [5, 5.41) is 16.7. The van der Waals surface area contributed by atoms with Crippen molar-refractivity contribution in [2.24, 2.45) is 5.10 Å². The second-order valence-corrected chi connectivity index (χ2v) is 4.52. The third-order valence-corrected chi connectivity index (χ3v) is 3.20. The fourth-order valence-corrected chi connectivity index (χ4v) is 2.12. The van der Waals surface area contributed by atoms with Gasteiger partial charge in [-0.1, -0.05) is 6.07 Å². The molecule has 1 aromatic carbocycles. The molecular weight excluding hydrogens is 234 g/mol. The van der Waals surface area contributed by atoms with Crippen LogP contribution in [0.15, 0.2) is 23.3 Å². The molecule has 0 atom stereocenters. The van der Waals surface area contributed by atoms with Crippen molar-refractivity contribution in [1.29, 1.82) is 0 Å². The molecule has 1 fully saturated rings. The molecule has 1 aliphatic carbocycles. The zero-order valence-corrected chi connectivity index (χ0v) is 9.88. The highest BCUT2D eigenvalue weighted by molar-refractivity contribution is 6.00. The van der Waals surface area contributed by atoms with Crippen LogP contribution in [-0.2, 0) is 0 Å². The standard InChI is InChI=1S/C11H13N5O2/c1-15-11(12-13-14-15)10-6-8(16(17)18)4-5-9(10)7-2-3-7/h4-7,13-14H,2-3H2,1H3. The average molecular weight is 247 g/mol. The summed E-state index contributed by atoms with van der Waals surface area (Å²) in [5.74, 6) is 1.19. The molecule has 0 bridgehead atoms. The first-order valence-electron chi connectivity index (χ1n) is 5.77. The van der Waals surface area contributed by atoms with Gasteiger partial charge in [0, 0.05) is 24.7 Å². The molecule has 0 unspecified atom stereocenters. The summed E-state index contributed by atoms with van der Waals surface area (Å²) in [6, 6.07) is 5.00. The number of non-ortho nitro benzene ring substituents is 1. The molecule has 7 heteroatoms. The summed E-state index contributed by atoms with van der Waals surface area (Å²) >= 11 is 0. The Hall–Kier alpha value is -2.15. The molecule has 7 nitrogen and oxygen atoms in total. The SMILES string of the molecule is CN1NNN=C1c1cc([N+](=O)[O-])ccc1C1CC1. The number of nitrogens with one attached hydrogen (secondary N) is 2. The van der Waals surface area contributed by atoms with E-state index in [9.17, 15) is 10.1 Å². The van der Waals surface area contributed by atoms with Crippen LogP contribution in [0.25, 0.3) is 0 Å². The van der Waals surface area contributed by atoms with Gasteiger partial charge in [0.1, 0.15) is 0 Å². The number of amidine groups is 1. The van der Waals surface area contributed by atoms with E-state index in [4.69, 9.17) is 0 Å². The van der Waals surface area contributed by atoms with E-state index in [0.717, 1.165) is 24.0 Å². The lowest BCUT2D eigenvalue weighted by Gasteiger charge is -2.15. The van der Waals surface area contributed by atoms with Gasteiger partial charge >= 0.3 is 0 Å². The number of nitro benzene ring substituents is 1. The van der Waals surface area contributed by atoms with Crippen LogP contribution in [0.5, 0.6) is 0 Å². The van der Waals surface area contributed by atoms with Gasteiger partial charge in [0.15, 0.2) is 5.84 Å². The predicted octanol–water partition coefficient (Wildman–Crippen LogP) is 1.09.